The quantitative estimate of drug-likeness (QED) is 0.783. The summed E-state index contributed by atoms with van der Waals surface area (Å²) in [6.07, 6.45) is 1.81. The summed E-state index contributed by atoms with van der Waals surface area (Å²) < 4.78 is 26.1. The first kappa shape index (κ1) is 19.2. The standard InChI is InChI=1S/C21H22F2N2O2/c22-18-7-6-17(14-19(18)23)24-20(26)10-13-25-11-8-16(9-12-25)21(27)15-4-2-1-3-5-15/h1-7,14,16H,8-13H2,(H,24,26). The van der Waals surface area contributed by atoms with Gasteiger partial charge >= 0.3 is 0 Å². The molecule has 27 heavy (non-hydrogen) atoms. The Hall–Kier alpha value is -2.60. The van der Waals surface area contributed by atoms with Crippen molar-refractivity contribution in [2.45, 2.75) is 19.3 Å². The van der Waals surface area contributed by atoms with Gasteiger partial charge in [-0.05, 0) is 38.1 Å². The van der Waals surface area contributed by atoms with E-state index in [0.29, 0.717) is 6.54 Å². The summed E-state index contributed by atoms with van der Waals surface area (Å²) in [4.78, 5) is 26.6. The SMILES string of the molecule is O=C(CCN1CCC(C(=O)c2ccccc2)CC1)Nc1ccc(F)c(F)c1. The zero-order valence-electron chi connectivity index (χ0n) is 15.0. The Labute approximate surface area is 157 Å². The number of nitrogens with zero attached hydrogens (tertiary/aromatic N) is 1. The number of hydrogen-bond acceptors (Lipinski definition) is 3. The number of hydrogen-bond donors (Lipinski definition) is 1. The molecular weight excluding hydrogens is 350 g/mol. The molecule has 0 radical (unpaired) electrons. The Kier molecular flexibility index (Phi) is 6.29. The fourth-order valence-corrected chi connectivity index (χ4v) is 3.31. The fourth-order valence-electron chi connectivity index (χ4n) is 3.31. The molecule has 4 nitrogen and oxygen atoms in total. The van der Waals surface area contributed by atoms with Crippen LogP contribution in [0.15, 0.2) is 48.5 Å². The van der Waals surface area contributed by atoms with Crippen molar-refractivity contribution in [3.05, 3.63) is 65.7 Å². The van der Waals surface area contributed by atoms with Gasteiger partial charge in [-0.2, -0.15) is 0 Å². The Balaban J connectivity index is 1.42. The normalized spacial score (nSPS) is 15.5. The number of ketones is 1. The van der Waals surface area contributed by atoms with Gasteiger partial charge < -0.3 is 10.2 Å². The maximum Gasteiger partial charge on any atom is 0.225 e. The lowest BCUT2D eigenvalue weighted by molar-refractivity contribution is -0.116. The first-order chi connectivity index (χ1) is 13.0. The van der Waals surface area contributed by atoms with E-state index >= 15 is 0 Å². The first-order valence-electron chi connectivity index (χ1n) is 9.09. The number of likely N-dealkylation sites (tertiary alicyclic amines) is 1. The molecule has 0 saturated carbocycles. The van der Waals surface area contributed by atoms with Crippen molar-refractivity contribution in [1.82, 2.24) is 4.90 Å². The van der Waals surface area contributed by atoms with Crippen molar-refractivity contribution in [3.8, 4) is 0 Å². The average Bonchev–Trinajstić information content (AvgIpc) is 2.70. The van der Waals surface area contributed by atoms with E-state index in [4.69, 9.17) is 0 Å². The third kappa shape index (κ3) is 5.20. The molecule has 1 heterocycles. The van der Waals surface area contributed by atoms with Crippen molar-refractivity contribution in [3.63, 3.8) is 0 Å². The molecule has 0 aromatic heterocycles. The molecule has 6 heteroatoms. The molecule has 0 bridgehead atoms. The Morgan fingerprint density at radius 2 is 1.70 bits per heavy atom. The van der Waals surface area contributed by atoms with Gasteiger partial charge in [0.2, 0.25) is 5.91 Å². The fraction of sp³-hybridized carbons (Fsp3) is 0.333. The van der Waals surface area contributed by atoms with Crippen molar-refractivity contribution in [1.29, 1.82) is 0 Å². The topological polar surface area (TPSA) is 49.4 Å². The number of nitrogens with one attached hydrogen (secondary N) is 1. The largest absolute Gasteiger partial charge is 0.326 e. The smallest absolute Gasteiger partial charge is 0.225 e. The maximum atomic E-state index is 13.2. The van der Waals surface area contributed by atoms with Gasteiger partial charge in [-0.15, -0.1) is 0 Å². The van der Waals surface area contributed by atoms with E-state index in [1.807, 2.05) is 30.3 Å². The predicted octanol–water partition coefficient (Wildman–Crippen LogP) is 3.89. The molecule has 1 fully saturated rings. The second-order valence-electron chi connectivity index (χ2n) is 6.77. The number of rotatable bonds is 6. The summed E-state index contributed by atoms with van der Waals surface area (Å²) in [6, 6.07) is 12.6. The molecule has 2 aromatic carbocycles. The minimum Gasteiger partial charge on any atom is -0.326 e. The summed E-state index contributed by atoms with van der Waals surface area (Å²) in [7, 11) is 0. The zero-order valence-corrected chi connectivity index (χ0v) is 15.0. The van der Waals surface area contributed by atoms with Crippen molar-refractivity contribution in [2.24, 2.45) is 5.92 Å². The van der Waals surface area contributed by atoms with Gasteiger partial charge in [0.25, 0.3) is 0 Å². The molecule has 1 amide bonds. The maximum absolute atomic E-state index is 13.2. The minimum absolute atomic E-state index is 0.0275. The van der Waals surface area contributed by atoms with Crippen LogP contribution in [0, 0.1) is 17.6 Å². The average molecular weight is 372 g/mol. The molecule has 0 spiro atoms. The van der Waals surface area contributed by atoms with Gasteiger partial charge in [0, 0.05) is 36.2 Å². The number of Topliss-reactive ketones (excluding diaryl/α,β-unsaturated/α-hetero) is 1. The third-order valence-corrected chi connectivity index (χ3v) is 4.88. The highest BCUT2D eigenvalue weighted by Gasteiger charge is 2.25. The number of amides is 1. The second-order valence-corrected chi connectivity index (χ2v) is 6.77. The summed E-state index contributed by atoms with van der Waals surface area (Å²) in [5.41, 5.74) is 0.993. The number of piperidine rings is 1. The number of carbonyl (C=O) groups excluding carboxylic acids is 2. The van der Waals surface area contributed by atoms with Crippen LogP contribution in [0.2, 0.25) is 0 Å². The van der Waals surface area contributed by atoms with E-state index in [1.165, 1.54) is 6.07 Å². The van der Waals surface area contributed by atoms with E-state index in [0.717, 1.165) is 43.6 Å². The Bertz CT molecular complexity index is 803. The van der Waals surface area contributed by atoms with Crippen molar-refractivity contribution < 1.29 is 18.4 Å². The molecule has 1 saturated heterocycles. The summed E-state index contributed by atoms with van der Waals surface area (Å²) >= 11 is 0. The Morgan fingerprint density at radius 3 is 2.37 bits per heavy atom. The van der Waals surface area contributed by atoms with Crippen molar-refractivity contribution in [2.75, 3.05) is 25.0 Å². The van der Waals surface area contributed by atoms with E-state index in [2.05, 4.69) is 10.2 Å². The molecule has 1 aliphatic heterocycles. The molecule has 3 rings (SSSR count). The first-order valence-corrected chi connectivity index (χ1v) is 9.09. The van der Waals surface area contributed by atoms with Gasteiger partial charge in [-0.3, -0.25) is 9.59 Å². The molecule has 0 aliphatic carbocycles. The molecule has 1 N–H and O–H groups in total. The number of benzene rings is 2. The molecule has 1 aliphatic rings. The molecular formula is C21H22F2N2O2. The van der Waals surface area contributed by atoms with Crippen LogP contribution in [0.25, 0.3) is 0 Å². The van der Waals surface area contributed by atoms with Crippen LogP contribution in [0.5, 0.6) is 0 Å². The highest BCUT2D eigenvalue weighted by Crippen LogP contribution is 2.22. The monoisotopic (exact) mass is 372 g/mol. The van der Waals surface area contributed by atoms with Crippen LogP contribution in [-0.2, 0) is 4.79 Å². The third-order valence-electron chi connectivity index (χ3n) is 4.88. The van der Waals surface area contributed by atoms with E-state index in [9.17, 15) is 18.4 Å². The second kappa shape index (κ2) is 8.86. The van der Waals surface area contributed by atoms with E-state index in [-0.39, 0.29) is 29.7 Å². The van der Waals surface area contributed by atoms with E-state index < -0.39 is 11.6 Å². The van der Waals surface area contributed by atoms with E-state index in [1.54, 1.807) is 0 Å². The summed E-state index contributed by atoms with van der Waals surface area (Å²) in [5.74, 6) is -1.96. The lowest BCUT2D eigenvalue weighted by Crippen LogP contribution is -2.38. The zero-order chi connectivity index (χ0) is 19.2. The van der Waals surface area contributed by atoms with Crippen LogP contribution < -0.4 is 5.32 Å². The highest BCUT2D eigenvalue weighted by atomic mass is 19.2. The van der Waals surface area contributed by atoms with Gasteiger partial charge in [0.15, 0.2) is 17.4 Å². The van der Waals surface area contributed by atoms with Crippen LogP contribution in [-0.4, -0.2) is 36.2 Å². The van der Waals surface area contributed by atoms with Gasteiger partial charge in [-0.25, -0.2) is 8.78 Å². The molecule has 142 valence electrons. The summed E-state index contributed by atoms with van der Waals surface area (Å²) in [6.45, 7) is 2.10. The lowest BCUT2D eigenvalue weighted by atomic mass is 9.89. The van der Waals surface area contributed by atoms with Gasteiger partial charge in [0.05, 0.1) is 0 Å². The number of anilines is 1. The van der Waals surface area contributed by atoms with Crippen LogP contribution in [0.1, 0.15) is 29.6 Å². The molecule has 0 atom stereocenters. The van der Waals surface area contributed by atoms with Crippen LogP contribution >= 0.6 is 0 Å². The van der Waals surface area contributed by atoms with Crippen LogP contribution in [0.4, 0.5) is 14.5 Å². The number of halogens is 2. The lowest BCUT2D eigenvalue weighted by Gasteiger charge is -2.31. The van der Waals surface area contributed by atoms with Gasteiger partial charge in [0.1, 0.15) is 0 Å². The highest BCUT2D eigenvalue weighted by molar-refractivity contribution is 5.97. The van der Waals surface area contributed by atoms with Crippen molar-refractivity contribution >= 4 is 17.4 Å². The summed E-state index contributed by atoms with van der Waals surface area (Å²) in [5, 5.41) is 2.57. The van der Waals surface area contributed by atoms with Gasteiger partial charge in [-0.1, -0.05) is 30.3 Å². The minimum atomic E-state index is -0.988. The Morgan fingerprint density at radius 1 is 1.00 bits per heavy atom. The molecule has 0 unspecified atom stereocenters. The van der Waals surface area contributed by atoms with Crippen LogP contribution in [0.3, 0.4) is 0 Å². The molecule has 2 aromatic rings. The predicted molar refractivity (Wildman–Crippen MR) is 99.5 cm³/mol. The number of carbonyl (C=O) groups is 2.